The van der Waals surface area contributed by atoms with Crippen LogP contribution in [0.5, 0.6) is 11.5 Å². The Morgan fingerprint density at radius 2 is 1.61 bits per heavy atom. The summed E-state index contributed by atoms with van der Waals surface area (Å²) in [6.07, 6.45) is 0. The van der Waals surface area contributed by atoms with E-state index in [1.54, 1.807) is 41.3 Å². The molecular formula is C23H23ClN2O2. The van der Waals surface area contributed by atoms with Crippen molar-refractivity contribution in [2.45, 2.75) is 6.54 Å². The summed E-state index contributed by atoms with van der Waals surface area (Å²) in [5.74, 6) is 1.22. The molecule has 0 N–H and O–H groups in total. The zero-order valence-corrected chi connectivity index (χ0v) is 17.0. The molecule has 3 rings (SSSR count). The minimum atomic E-state index is -0.0601. The van der Waals surface area contributed by atoms with Crippen molar-refractivity contribution in [3.63, 3.8) is 0 Å². The molecule has 4 nitrogen and oxygen atoms in total. The van der Waals surface area contributed by atoms with Gasteiger partial charge in [-0.3, -0.25) is 4.79 Å². The number of para-hydroxylation sites is 1. The molecule has 3 aromatic rings. The third-order valence-electron chi connectivity index (χ3n) is 4.36. The van der Waals surface area contributed by atoms with Gasteiger partial charge in [-0.25, -0.2) is 0 Å². The van der Waals surface area contributed by atoms with Crippen molar-refractivity contribution in [2.24, 2.45) is 0 Å². The van der Waals surface area contributed by atoms with Crippen molar-refractivity contribution >= 4 is 23.2 Å². The highest BCUT2D eigenvalue weighted by Gasteiger charge is 2.15. The molecule has 28 heavy (non-hydrogen) atoms. The Kier molecular flexibility index (Phi) is 6.22. The largest absolute Gasteiger partial charge is 0.457 e. The Morgan fingerprint density at radius 3 is 2.32 bits per heavy atom. The Morgan fingerprint density at radius 1 is 0.893 bits per heavy atom. The number of carbonyl (C=O) groups is 1. The van der Waals surface area contributed by atoms with Crippen molar-refractivity contribution in [3.05, 3.63) is 88.9 Å². The minimum absolute atomic E-state index is 0.0601. The first-order valence-corrected chi connectivity index (χ1v) is 9.36. The molecule has 0 heterocycles. The van der Waals surface area contributed by atoms with Gasteiger partial charge in [-0.15, -0.1) is 0 Å². The summed E-state index contributed by atoms with van der Waals surface area (Å²) in [5.41, 5.74) is 2.77. The lowest BCUT2D eigenvalue weighted by molar-refractivity contribution is 0.0785. The van der Waals surface area contributed by atoms with Crippen molar-refractivity contribution in [1.29, 1.82) is 0 Å². The second-order valence-corrected chi connectivity index (χ2v) is 7.20. The van der Waals surface area contributed by atoms with Gasteiger partial charge in [0.05, 0.1) is 0 Å². The van der Waals surface area contributed by atoms with E-state index in [-0.39, 0.29) is 5.91 Å². The van der Waals surface area contributed by atoms with Crippen LogP contribution in [0.25, 0.3) is 0 Å². The van der Waals surface area contributed by atoms with E-state index >= 15 is 0 Å². The second kappa shape index (κ2) is 8.81. The van der Waals surface area contributed by atoms with E-state index in [0.717, 1.165) is 11.3 Å². The Hall–Kier alpha value is -2.98. The normalized spacial score (nSPS) is 10.4. The summed E-state index contributed by atoms with van der Waals surface area (Å²) in [6, 6.07) is 22.4. The lowest BCUT2D eigenvalue weighted by atomic mass is 10.1. The van der Waals surface area contributed by atoms with Crippen LogP contribution in [0.4, 0.5) is 5.69 Å². The highest BCUT2D eigenvalue weighted by Crippen LogP contribution is 2.25. The van der Waals surface area contributed by atoms with E-state index in [1.807, 2.05) is 62.4 Å². The number of carbonyl (C=O) groups excluding carboxylic acids is 1. The minimum Gasteiger partial charge on any atom is -0.457 e. The van der Waals surface area contributed by atoms with Gasteiger partial charge in [0.15, 0.2) is 0 Å². The fraction of sp³-hybridized carbons (Fsp3) is 0.174. The quantitative estimate of drug-likeness (QED) is 0.555. The van der Waals surface area contributed by atoms with Crippen LogP contribution in [0.2, 0.25) is 5.02 Å². The van der Waals surface area contributed by atoms with Crippen LogP contribution in [-0.4, -0.2) is 32.0 Å². The molecule has 0 aliphatic carbocycles. The zero-order chi connectivity index (χ0) is 20.1. The SMILES string of the molecule is CN(Cc1ccccc1N(C)C)C(=O)c1cccc(Oc2ccc(Cl)cc2)c1. The number of hydrogen-bond donors (Lipinski definition) is 0. The Bertz CT molecular complexity index is 955. The van der Waals surface area contributed by atoms with E-state index in [1.165, 1.54) is 0 Å². The summed E-state index contributed by atoms with van der Waals surface area (Å²) in [5, 5.41) is 0.649. The number of anilines is 1. The number of amides is 1. The molecule has 0 unspecified atom stereocenters. The van der Waals surface area contributed by atoms with Crippen LogP contribution in [0.3, 0.4) is 0 Å². The first kappa shape index (κ1) is 19.8. The van der Waals surface area contributed by atoms with Gasteiger partial charge in [0.1, 0.15) is 11.5 Å². The predicted octanol–water partition coefficient (Wildman–Crippen LogP) is 5.47. The van der Waals surface area contributed by atoms with Crippen LogP contribution >= 0.6 is 11.6 Å². The van der Waals surface area contributed by atoms with Gasteiger partial charge in [0, 0.05) is 44.0 Å². The van der Waals surface area contributed by atoms with E-state index in [4.69, 9.17) is 16.3 Å². The van der Waals surface area contributed by atoms with Crippen molar-refractivity contribution in [1.82, 2.24) is 4.90 Å². The maximum absolute atomic E-state index is 12.9. The van der Waals surface area contributed by atoms with E-state index < -0.39 is 0 Å². The number of nitrogens with zero attached hydrogens (tertiary/aromatic N) is 2. The molecule has 0 fully saturated rings. The molecule has 0 saturated heterocycles. The van der Waals surface area contributed by atoms with Gasteiger partial charge < -0.3 is 14.5 Å². The molecule has 144 valence electrons. The predicted molar refractivity (Wildman–Crippen MR) is 115 cm³/mol. The van der Waals surface area contributed by atoms with Crippen LogP contribution in [-0.2, 0) is 6.54 Å². The second-order valence-electron chi connectivity index (χ2n) is 6.77. The van der Waals surface area contributed by atoms with Gasteiger partial charge in [-0.05, 0) is 54.1 Å². The standard InChI is InChI=1S/C23H23ClN2O2/c1-25(2)22-10-5-4-7-18(22)16-26(3)23(27)17-8-6-9-21(15-17)28-20-13-11-19(24)12-14-20/h4-15H,16H2,1-3H3. The molecule has 0 aromatic heterocycles. The van der Waals surface area contributed by atoms with Crippen molar-refractivity contribution in [3.8, 4) is 11.5 Å². The summed E-state index contributed by atoms with van der Waals surface area (Å²) in [7, 11) is 5.80. The van der Waals surface area contributed by atoms with Crippen LogP contribution in [0.1, 0.15) is 15.9 Å². The molecule has 1 amide bonds. The molecule has 5 heteroatoms. The lowest BCUT2D eigenvalue weighted by Crippen LogP contribution is -2.27. The molecule has 3 aromatic carbocycles. The molecular weight excluding hydrogens is 372 g/mol. The van der Waals surface area contributed by atoms with Gasteiger partial charge in [0.25, 0.3) is 5.91 Å². The Labute approximate surface area is 170 Å². The monoisotopic (exact) mass is 394 g/mol. The average molecular weight is 395 g/mol. The van der Waals surface area contributed by atoms with Crippen LogP contribution in [0.15, 0.2) is 72.8 Å². The summed E-state index contributed by atoms with van der Waals surface area (Å²) in [6.45, 7) is 0.523. The first-order chi connectivity index (χ1) is 13.4. The van der Waals surface area contributed by atoms with Crippen molar-refractivity contribution < 1.29 is 9.53 Å². The third kappa shape index (κ3) is 4.84. The Balaban J connectivity index is 1.74. The van der Waals surface area contributed by atoms with Gasteiger partial charge >= 0.3 is 0 Å². The summed E-state index contributed by atoms with van der Waals surface area (Å²) in [4.78, 5) is 16.7. The number of halogens is 1. The van der Waals surface area contributed by atoms with Gasteiger partial charge in [-0.2, -0.15) is 0 Å². The van der Waals surface area contributed by atoms with Crippen LogP contribution < -0.4 is 9.64 Å². The highest BCUT2D eigenvalue weighted by molar-refractivity contribution is 6.30. The number of rotatable bonds is 6. The highest BCUT2D eigenvalue weighted by atomic mass is 35.5. The first-order valence-electron chi connectivity index (χ1n) is 8.98. The summed E-state index contributed by atoms with van der Waals surface area (Å²) >= 11 is 5.90. The van der Waals surface area contributed by atoms with E-state index in [2.05, 4.69) is 0 Å². The number of ether oxygens (including phenoxy) is 1. The topological polar surface area (TPSA) is 32.8 Å². The molecule has 0 atom stereocenters. The average Bonchev–Trinajstić information content (AvgIpc) is 2.69. The zero-order valence-electron chi connectivity index (χ0n) is 16.2. The van der Waals surface area contributed by atoms with E-state index in [9.17, 15) is 4.79 Å². The molecule has 0 radical (unpaired) electrons. The molecule has 0 aliphatic heterocycles. The van der Waals surface area contributed by atoms with Gasteiger partial charge in [0.2, 0.25) is 0 Å². The maximum Gasteiger partial charge on any atom is 0.254 e. The fourth-order valence-corrected chi connectivity index (χ4v) is 3.09. The van der Waals surface area contributed by atoms with Gasteiger partial charge in [-0.1, -0.05) is 35.9 Å². The smallest absolute Gasteiger partial charge is 0.254 e. The van der Waals surface area contributed by atoms with Crippen LogP contribution in [0, 0.1) is 0 Å². The fourth-order valence-electron chi connectivity index (χ4n) is 2.96. The summed E-state index contributed by atoms with van der Waals surface area (Å²) < 4.78 is 5.84. The molecule has 0 saturated carbocycles. The molecule has 0 bridgehead atoms. The molecule has 0 aliphatic rings. The lowest BCUT2D eigenvalue weighted by Gasteiger charge is -2.22. The maximum atomic E-state index is 12.9. The number of hydrogen-bond acceptors (Lipinski definition) is 3. The number of benzene rings is 3. The molecule has 0 spiro atoms. The third-order valence-corrected chi connectivity index (χ3v) is 4.61. The van der Waals surface area contributed by atoms with E-state index in [0.29, 0.717) is 28.6 Å². The van der Waals surface area contributed by atoms with Crippen molar-refractivity contribution in [2.75, 3.05) is 26.0 Å².